The minimum atomic E-state index is -0.550. The molecule has 1 amide bonds. The van der Waals surface area contributed by atoms with Crippen molar-refractivity contribution in [1.82, 2.24) is 0 Å². The maximum absolute atomic E-state index is 14.3. The maximum atomic E-state index is 14.3. The smallest absolute Gasteiger partial charge is 0.255 e. The molecule has 2 aromatic rings. The lowest BCUT2D eigenvalue weighted by Gasteiger charge is -2.34. The molecule has 1 N–H and O–H groups in total. The average molecular weight is 410 g/mol. The normalized spacial score (nSPS) is 18.9. The third-order valence-electron chi connectivity index (χ3n) is 4.82. The Morgan fingerprint density at radius 1 is 1.19 bits per heavy atom. The number of rotatable bonds is 4. The van der Waals surface area contributed by atoms with E-state index in [4.69, 9.17) is 11.6 Å². The van der Waals surface area contributed by atoms with Gasteiger partial charge in [-0.25, -0.2) is 8.78 Å². The molecule has 1 fully saturated rings. The minimum Gasteiger partial charge on any atom is -0.322 e. The first-order valence-corrected chi connectivity index (χ1v) is 10.2. The number of benzene rings is 2. The van der Waals surface area contributed by atoms with E-state index in [1.807, 2.05) is 0 Å². The largest absolute Gasteiger partial charge is 0.322 e. The van der Waals surface area contributed by atoms with Crippen LogP contribution < -0.4 is 5.32 Å². The lowest BCUT2D eigenvalue weighted by Crippen LogP contribution is -2.24. The second kappa shape index (κ2) is 8.19. The van der Waals surface area contributed by atoms with Gasteiger partial charge in [-0.1, -0.05) is 31.9 Å². The molecule has 1 aliphatic carbocycles. The number of amides is 1. The highest BCUT2D eigenvalue weighted by Crippen LogP contribution is 2.43. The van der Waals surface area contributed by atoms with Crippen LogP contribution in [0.1, 0.15) is 49.9 Å². The first kappa shape index (κ1) is 20.2. The standard InChI is InChI=1S/C21H22ClF2NOS/c1-21(2)9-3-4-15(12-21)27-19-10-13(5-7-18(19)24)20(26)25-14-6-8-17(23)16(22)11-14/h5-8,10-11,15H,3-4,9,12H2,1-2H3,(H,25,26). The van der Waals surface area contributed by atoms with Crippen LogP contribution in [0.2, 0.25) is 5.02 Å². The molecule has 1 saturated carbocycles. The summed E-state index contributed by atoms with van der Waals surface area (Å²) in [6.07, 6.45) is 4.41. The van der Waals surface area contributed by atoms with Crippen LogP contribution in [-0.2, 0) is 0 Å². The van der Waals surface area contributed by atoms with E-state index < -0.39 is 5.82 Å². The van der Waals surface area contributed by atoms with Crippen LogP contribution in [0, 0.1) is 17.0 Å². The van der Waals surface area contributed by atoms with E-state index in [1.54, 1.807) is 6.07 Å². The number of carbonyl (C=O) groups is 1. The average Bonchev–Trinajstić information content (AvgIpc) is 2.59. The van der Waals surface area contributed by atoms with Gasteiger partial charge in [-0.05, 0) is 61.1 Å². The van der Waals surface area contributed by atoms with Gasteiger partial charge in [0.25, 0.3) is 5.91 Å². The molecule has 0 heterocycles. The minimum absolute atomic E-state index is 0.0666. The summed E-state index contributed by atoms with van der Waals surface area (Å²) in [6.45, 7) is 4.49. The summed E-state index contributed by atoms with van der Waals surface area (Å²) in [5.41, 5.74) is 1.01. The van der Waals surface area contributed by atoms with Gasteiger partial charge < -0.3 is 5.32 Å². The summed E-state index contributed by atoms with van der Waals surface area (Å²) in [6, 6.07) is 8.32. The Kier molecular flexibility index (Phi) is 6.11. The summed E-state index contributed by atoms with van der Waals surface area (Å²) >= 11 is 7.25. The third kappa shape index (κ3) is 5.23. The Morgan fingerprint density at radius 3 is 2.63 bits per heavy atom. The predicted molar refractivity (Wildman–Crippen MR) is 108 cm³/mol. The molecule has 0 saturated heterocycles. The molecule has 0 bridgehead atoms. The van der Waals surface area contributed by atoms with Crippen LogP contribution >= 0.6 is 23.4 Å². The number of thioether (sulfide) groups is 1. The van der Waals surface area contributed by atoms with Crippen molar-refractivity contribution in [3.63, 3.8) is 0 Å². The maximum Gasteiger partial charge on any atom is 0.255 e. The number of carbonyl (C=O) groups excluding carboxylic acids is 1. The predicted octanol–water partition coefficient (Wildman–Crippen LogP) is 6.93. The van der Waals surface area contributed by atoms with E-state index in [1.165, 1.54) is 48.5 Å². The SMILES string of the molecule is CC1(C)CCCC(Sc2cc(C(=O)Nc3ccc(F)c(Cl)c3)ccc2F)C1. The van der Waals surface area contributed by atoms with Gasteiger partial charge >= 0.3 is 0 Å². The van der Waals surface area contributed by atoms with Gasteiger partial charge in [0.2, 0.25) is 0 Å². The summed E-state index contributed by atoms with van der Waals surface area (Å²) in [5, 5.41) is 2.95. The van der Waals surface area contributed by atoms with Crippen molar-refractivity contribution in [2.24, 2.45) is 5.41 Å². The number of anilines is 1. The molecule has 6 heteroatoms. The molecule has 2 nitrogen and oxygen atoms in total. The van der Waals surface area contributed by atoms with Crippen molar-refractivity contribution in [2.75, 3.05) is 5.32 Å². The van der Waals surface area contributed by atoms with E-state index in [9.17, 15) is 13.6 Å². The van der Waals surface area contributed by atoms with Gasteiger partial charge in [0, 0.05) is 21.4 Å². The van der Waals surface area contributed by atoms with Crippen LogP contribution in [0.3, 0.4) is 0 Å². The Bertz CT molecular complexity index is 856. The van der Waals surface area contributed by atoms with Gasteiger partial charge in [-0.2, -0.15) is 0 Å². The molecule has 2 aromatic carbocycles. The van der Waals surface area contributed by atoms with Crippen molar-refractivity contribution in [3.8, 4) is 0 Å². The zero-order chi connectivity index (χ0) is 19.6. The zero-order valence-electron chi connectivity index (χ0n) is 15.3. The van der Waals surface area contributed by atoms with E-state index >= 15 is 0 Å². The van der Waals surface area contributed by atoms with E-state index in [0.717, 1.165) is 19.3 Å². The summed E-state index contributed by atoms with van der Waals surface area (Å²) in [4.78, 5) is 13.0. The van der Waals surface area contributed by atoms with Crippen molar-refractivity contribution in [3.05, 3.63) is 58.6 Å². The summed E-state index contributed by atoms with van der Waals surface area (Å²) in [5.74, 6) is -1.25. The molecule has 1 atom stereocenters. The quantitative estimate of drug-likeness (QED) is 0.593. The van der Waals surface area contributed by atoms with E-state index in [-0.39, 0.29) is 22.2 Å². The molecular weight excluding hydrogens is 388 g/mol. The van der Waals surface area contributed by atoms with Crippen molar-refractivity contribution < 1.29 is 13.6 Å². The summed E-state index contributed by atoms with van der Waals surface area (Å²) in [7, 11) is 0. The molecule has 0 aromatic heterocycles. The number of hydrogen-bond acceptors (Lipinski definition) is 2. The Morgan fingerprint density at radius 2 is 1.93 bits per heavy atom. The van der Waals surface area contributed by atoms with Crippen molar-refractivity contribution >= 4 is 35.0 Å². The Labute approximate surface area is 167 Å². The molecule has 0 aliphatic heterocycles. The van der Waals surface area contributed by atoms with E-state index in [2.05, 4.69) is 19.2 Å². The van der Waals surface area contributed by atoms with Crippen LogP contribution in [-0.4, -0.2) is 11.2 Å². The van der Waals surface area contributed by atoms with Crippen LogP contribution in [0.15, 0.2) is 41.3 Å². The zero-order valence-corrected chi connectivity index (χ0v) is 16.9. The van der Waals surface area contributed by atoms with E-state index in [0.29, 0.717) is 21.4 Å². The fraction of sp³-hybridized carbons (Fsp3) is 0.381. The topological polar surface area (TPSA) is 29.1 Å². The van der Waals surface area contributed by atoms with Gasteiger partial charge in [0.1, 0.15) is 11.6 Å². The molecule has 144 valence electrons. The van der Waals surface area contributed by atoms with Gasteiger partial charge in [0.15, 0.2) is 0 Å². The Hall–Kier alpha value is -1.59. The third-order valence-corrected chi connectivity index (χ3v) is 6.42. The molecule has 0 radical (unpaired) electrons. The molecule has 3 rings (SSSR count). The fourth-order valence-electron chi connectivity index (χ4n) is 3.42. The van der Waals surface area contributed by atoms with Gasteiger partial charge in [0.05, 0.1) is 5.02 Å². The first-order chi connectivity index (χ1) is 12.7. The first-order valence-electron chi connectivity index (χ1n) is 8.96. The lowest BCUT2D eigenvalue weighted by atomic mass is 9.77. The monoisotopic (exact) mass is 409 g/mol. The van der Waals surface area contributed by atoms with Crippen LogP contribution in [0.4, 0.5) is 14.5 Å². The second-order valence-electron chi connectivity index (χ2n) is 7.73. The van der Waals surface area contributed by atoms with Crippen molar-refractivity contribution in [1.29, 1.82) is 0 Å². The van der Waals surface area contributed by atoms with Gasteiger partial charge in [-0.3, -0.25) is 4.79 Å². The highest BCUT2D eigenvalue weighted by molar-refractivity contribution is 8.00. The highest BCUT2D eigenvalue weighted by atomic mass is 35.5. The van der Waals surface area contributed by atoms with Crippen molar-refractivity contribution in [2.45, 2.75) is 49.7 Å². The Balaban J connectivity index is 1.74. The molecule has 1 aliphatic rings. The number of hydrogen-bond donors (Lipinski definition) is 1. The summed E-state index contributed by atoms with van der Waals surface area (Å²) < 4.78 is 27.5. The van der Waals surface area contributed by atoms with Gasteiger partial charge in [-0.15, -0.1) is 11.8 Å². The van der Waals surface area contributed by atoms with Crippen LogP contribution in [0.5, 0.6) is 0 Å². The fourth-order valence-corrected chi connectivity index (χ4v) is 5.16. The molecule has 0 spiro atoms. The molecule has 1 unspecified atom stereocenters. The van der Waals surface area contributed by atoms with Crippen LogP contribution in [0.25, 0.3) is 0 Å². The highest BCUT2D eigenvalue weighted by Gasteiger charge is 2.29. The molecular formula is C21H22ClF2NOS. The number of halogens is 3. The number of nitrogens with one attached hydrogen (secondary N) is 1. The second-order valence-corrected chi connectivity index (χ2v) is 9.48. The lowest BCUT2D eigenvalue weighted by molar-refractivity contribution is 0.102. The molecule has 27 heavy (non-hydrogen) atoms.